The Hall–Kier alpha value is -1.79. The Balaban J connectivity index is 2.75. The summed E-state index contributed by atoms with van der Waals surface area (Å²) < 4.78 is 5.15. The Bertz CT molecular complexity index is 409. The zero-order valence-corrected chi connectivity index (χ0v) is 10.4. The molecule has 1 amide bonds. The molecule has 0 spiro atoms. The van der Waals surface area contributed by atoms with Crippen molar-refractivity contribution in [3.63, 3.8) is 0 Å². The molecule has 0 aromatic heterocycles. The Morgan fingerprint density at radius 2 is 2.22 bits per heavy atom. The van der Waals surface area contributed by atoms with Crippen LogP contribution in [-0.2, 0) is 4.79 Å². The van der Waals surface area contributed by atoms with E-state index >= 15 is 0 Å². The maximum atomic E-state index is 11.0. The van der Waals surface area contributed by atoms with E-state index < -0.39 is 6.10 Å². The molecule has 4 N–H and O–H groups in total. The zero-order valence-electron chi connectivity index (χ0n) is 10.4. The van der Waals surface area contributed by atoms with Gasteiger partial charge in [-0.2, -0.15) is 0 Å². The highest BCUT2D eigenvalue weighted by Gasteiger charge is 2.07. The van der Waals surface area contributed by atoms with E-state index in [4.69, 9.17) is 9.84 Å². The van der Waals surface area contributed by atoms with Crippen LogP contribution < -0.4 is 15.4 Å². The minimum absolute atomic E-state index is 0.176. The molecule has 0 aliphatic rings. The summed E-state index contributed by atoms with van der Waals surface area (Å²) >= 11 is 0. The van der Waals surface area contributed by atoms with Gasteiger partial charge in [0.2, 0.25) is 5.91 Å². The summed E-state index contributed by atoms with van der Waals surface area (Å²) in [6.45, 7) is 1.36. The summed E-state index contributed by atoms with van der Waals surface area (Å²) in [6.07, 6.45) is -0.814. The van der Waals surface area contributed by atoms with Gasteiger partial charge in [0.25, 0.3) is 0 Å². The van der Waals surface area contributed by atoms with E-state index in [2.05, 4.69) is 10.6 Å². The first-order valence-electron chi connectivity index (χ1n) is 5.55. The molecule has 1 aromatic rings. The fourth-order valence-electron chi connectivity index (χ4n) is 1.39. The lowest BCUT2D eigenvalue weighted by molar-refractivity contribution is -0.114. The van der Waals surface area contributed by atoms with Gasteiger partial charge in [-0.3, -0.25) is 4.79 Å². The predicted molar refractivity (Wildman–Crippen MR) is 68.9 cm³/mol. The molecule has 18 heavy (non-hydrogen) atoms. The summed E-state index contributed by atoms with van der Waals surface area (Å²) in [7, 11) is 1.51. The lowest BCUT2D eigenvalue weighted by Crippen LogP contribution is -2.22. The van der Waals surface area contributed by atoms with Gasteiger partial charge in [-0.05, 0) is 12.1 Å². The molecule has 6 nitrogen and oxygen atoms in total. The number of aliphatic hydroxyl groups excluding tert-OH is 2. The van der Waals surface area contributed by atoms with Crippen LogP contribution in [0.1, 0.15) is 6.92 Å². The molecule has 6 heteroatoms. The predicted octanol–water partition coefficient (Wildman–Crippen LogP) is 0.419. The molecule has 1 atom stereocenters. The summed E-state index contributed by atoms with van der Waals surface area (Å²) in [4.78, 5) is 11.0. The first kappa shape index (κ1) is 14.3. The zero-order chi connectivity index (χ0) is 13.5. The topological polar surface area (TPSA) is 90.8 Å². The maximum absolute atomic E-state index is 11.0. The third-order valence-corrected chi connectivity index (χ3v) is 2.26. The monoisotopic (exact) mass is 254 g/mol. The van der Waals surface area contributed by atoms with Crippen molar-refractivity contribution in [3.8, 4) is 5.75 Å². The molecular formula is C12H18N2O4. The smallest absolute Gasteiger partial charge is 0.221 e. The van der Waals surface area contributed by atoms with Crippen molar-refractivity contribution in [3.05, 3.63) is 18.2 Å². The molecular weight excluding hydrogens is 236 g/mol. The Kier molecular flexibility index (Phi) is 5.41. The highest BCUT2D eigenvalue weighted by Crippen LogP contribution is 2.27. The molecule has 1 unspecified atom stereocenters. The van der Waals surface area contributed by atoms with Gasteiger partial charge in [0.05, 0.1) is 25.5 Å². The maximum Gasteiger partial charge on any atom is 0.221 e. The number of amides is 1. The SMILES string of the molecule is COc1cc(NCC(O)CO)ccc1NC(C)=O. The van der Waals surface area contributed by atoms with Gasteiger partial charge in [0.15, 0.2) is 0 Å². The van der Waals surface area contributed by atoms with E-state index in [0.717, 1.165) is 5.69 Å². The standard InChI is InChI=1S/C12H18N2O4/c1-8(16)14-11-4-3-9(5-12(11)18-2)13-6-10(17)7-15/h3-5,10,13,15,17H,6-7H2,1-2H3,(H,14,16). The van der Waals surface area contributed by atoms with Gasteiger partial charge in [-0.15, -0.1) is 0 Å². The molecule has 0 bridgehead atoms. The lowest BCUT2D eigenvalue weighted by atomic mass is 10.2. The Labute approximate surface area is 106 Å². The molecule has 0 aliphatic heterocycles. The van der Waals surface area contributed by atoms with Gasteiger partial charge in [0, 0.05) is 25.2 Å². The lowest BCUT2D eigenvalue weighted by Gasteiger charge is -2.13. The molecule has 100 valence electrons. The summed E-state index contributed by atoms with van der Waals surface area (Å²) in [5.41, 5.74) is 1.31. The van der Waals surface area contributed by atoms with Crippen LogP contribution in [0.5, 0.6) is 5.75 Å². The molecule has 1 rings (SSSR count). The van der Waals surface area contributed by atoms with E-state index in [1.165, 1.54) is 14.0 Å². The average molecular weight is 254 g/mol. The second-order valence-electron chi connectivity index (χ2n) is 3.81. The third kappa shape index (κ3) is 4.23. The fraction of sp³-hybridized carbons (Fsp3) is 0.417. The summed E-state index contributed by atoms with van der Waals surface area (Å²) in [5.74, 6) is 0.346. The summed E-state index contributed by atoms with van der Waals surface area (Å²) in [6, 6.07) is 5.15. The van der Waals surface area contributed by atoms with E-state index in [1.54, 1.807) is 18.2 Å². The van der Waals surface area contributed by atoms with Crippen molar-refractivity contribution in [1.82, 2.24) is 0 Å². The molecule has 0 fully saturated rings. The van der Waals surface area contributed by atoms with E-state index in [0.29, 0.717) is 11.4 Å². The van der Waals surface area contributed by atoms with Crippen molar-refractivity contribution in [2.75, 3.05) is 30.9 Å². The van der Waals surface area contributed by atoms with Crippen LogP contribution in [0.2, 0.25) is 0 Å². The normalized spacial score (nSPS) is 11.8. The number of aliphatic hydroxyl groups is 2. The van der Waals surface area contributed by atoms with Gasteiger partial charge < -0.3 is 25.6 Å². The average Bonchev–Trinajstić information content (AvgIpc) is 2.36. The first-order chi connectivity index (χ1) is 8.56. The number of carbonyl (C=O) groups excluding carboxylic acids is 1. The number of rotatable bonds is 6. The quantitative estimate of drug-likeness (QED) is 0.590. The van der Waals surface area contributed by atoms with Crippen LogP contribution in [0.15, 0.2) is 18.2 Å². The Morgan fingerprint density at radius 3 is 2.78 bits per heavy atom. The van der Waals surface area contributed by atoms with Crippen LogP contribution >= 0.6 is 0 Å². The molecule has 0 aliphatic carbocycles. The number of nitrogens with one attached hydrogen (secondary N) is 2. The van der Waals surface area contributed by atoms with Crippen LogP contribution in [-0.4, -0.2) is 42.5 Å². The number of benzene rings is 1. The number of hydrogen-bond acceptors (Lipinski definition) is 5. The van der Waals surface area contributed by atoms with Crippen molar-refractivity contribution < 1.29 is 19.7 Å². The minimum atomic E-state index is -0.814. The second kappa shape index (κ2) is 6.83. The highest BCUT2D eigenvalue weighted by atomic mass is 16.5. The Morgan fingerprint density at radius 1 is 1.50 bits per heavy atom. The second-order valence-corrected chi connectivity index (χ2v) is 3.81. The van der Waals surface area contributed by atoms with Crippen LogP contribution in [0, 0.1) is 0 Å². The van der Waals surface area contributed by atoms with Crippen LogP contribution in [0.3, 0.4) is 0 Å². The van der Waals surface area contributed by atoms with Crippen LogP contribution in [0.25, 0.3) is 0 Å². The highest BCUT2D eigenvalue weighted by molar-refractivity contribution is 5.90. The molecule has 0 saturated heterocycles. The van der Waals surface area contributed by atoms with Gasteiger partial charge in [0.1, 0.15) is 5.75 Å². The van der Waals surface area contributed by atoms with Gasteiger partial charge in [-0.25, -0.2) is 0 Å². The number of hydrogen-bond donors (Lipinski definition) is 4. The van der Waals surface area contributed by atoms with E-state index in [1.807, 2.05) is 0 Å². The van der Waals surface area contributed by atoms with E-state index in [-0.39, 0.29) is 19.1 Å². The van der Waals surface area contributed by atoms with Crippen molar-refractivity contribution in [1.29, 1.82) is 0 Å². The number of methoxy groups -OCH3 is 1. The molecule has 0 saturated carbocycles. The van der Waals surface area contributed by atoms with Crippen molar-refractivity contribution >= 4 is 17.3 Å². The fourth-order valence-corrected chi connectivity index (χ4v) is 1.39. The first-order valence-corrected chi connectivity index (χ1v) is 5.55. The van der Waals surface area contributed by atoms with E-state index in [9.17, 15) is 9.90 Å². The number of anilines is 2. The van der Waals surface area contributed by atoms with Crippen molar-refractivity contribution in [2.24, 2.45) is 0 Å². The van der Waals surface area contributed by atoms with Crippen molar-refractivity contribution in [2.45, 2.75) is 13.0 Å². The summed E-state index contributed by atoms with van der Waals surface area (Å²) in [5, 5.41) is 23.5. The van der Waals surface area contributed by atoms with Crippen LogP contribution in [0.4, 0.5) is 11.4 Å². The largest absolute Gasteiger partial charge is 0.494 e. The van der Waals surface area contributed by atoms with Gasteiger partial charge in [-0.1, -0.05) is 0 Å². The molecule has 0 radical (unpaired) electrons. The minimum Gasteiger partial charge on any atom is -0.494 e. The number of carbonyl (C=O) groups is 1. The van der Waals surface area contributed by atoms with Gasteiger partial charge >= 0.3 is 0 Å². The third-order valence-electron chi connectivity index (χ3n) is 2.26. The molecule has 0 heterocycles. The number of ether oxygens (including phenoxy) is 1. The molecule has 1 aromatic carbocycles.